The van der Waals surface area contributed by atoms with Crippen molar-refractivity contribution in [3.63, 3.8) is 0 Å². The van der Waals surface area contributed by atoms with Gasteiger partial charge in [-0.05, 0) is 38.0 Å². The Hall–Kier alpha value is -2.81. The van der Waals surface area contributed by atoms with Crippen LogP contribution >= 0.6 is 0 Å². The highest BCUT2D eigenvalue weighted by Crippen LogP contribution is 2.42. The summed E-state index contributed by atoms with van der Waals surface area (Å²) in [4.78, 5) is 18.4. The predicted molar refractivity (Wildman–Crippen MR) is 101 cm³/mol. The lowest BCUT2D eigenvalue weighted by Gasteiger charge is -2.27. The quantitative estimate of drug-likeness (QED) is 0.729. The number of hydrogen-bond acceptors (Lipinski definition) is 1. The van der Waals surface area contributed by atoms with E-state index >= 15 is 0 Å². The summed E-state index contributed by atoms with van der Waals surface area (Å²) in [6.45, 7) is 6.75. The number of para-hydroxylation sites is 1. The van der Waals surface area contributed by atoms with E-state index in [-0.39, 0.29) is 11.9 Å². The first-order valence-electron chi connectivity index (χ1n) is 8.67. The topological polar surface area (TPSA) is 36.1 Å². The van der Waals surface area contributed by atoms with Crippen molar-refractivity contribution in [2.24, 2.45) is 0 Å². The third-order valence-electron chi connectivity index (χ3n) is 5.31. The van der Waals surface area contributed by atoms with Crippen molar-refractivity contribution in [3.05, 3.63) is 82.6 Å². The van der Waals surface area contributed by atoms with Crippen LogP contribution in [0, 0.1) is 6.92 Å². The van der Waals surface area contributed by atoms with Gasteiger partial charge in [-0.1, -0.05) is 48.5 Å². The van der Waals surface area contributed by atoms with Gasteiger partial charge in [-0.2, -0.15) is 0 Å². The van der Waals surface area contributed by atoms with E-state index in [0.717, 1.165) is 27.9 Å². The fraction of sp³-hybridized carbons (Fsp3) is 0.227. The molecule has 25 heavy (non-hydrogen) atoms. The van der Waals surface area contributed by atoms with Crippen LogP contribution in [0.1, 0.15) is 36.7 Å². The Morgan fingerprint density at radius 3 is 2.40 bits per heavy atom. The van der Waals surface area contributed by atoms with Crippen molar-refractivity contribution in [1.29, 1.82) is 0 Å². The molecule has 0 spiro atoms. The molecule has 126 valence electrons. The zero-order chi connectivity index (χ0) is 17.6. The number of fused-ring (bicyclic) bond motifs is 1. The Morgan fingerprint density at radius 2 is 1.64 bits per heavy atom. The smallest absolute Gasteiger partial charge is 0.250 e. The highest BCUT2D eigenvalue weighted by molar-refractivity contribution is 5.98. The van der Waals surface area contributed by atoms with E-state index < -0.39 is 0 Å². The molecule has 1 amide bonds. The molecule has 1 atom stereocenters. The number of amides is 1. The molecule has 2 heterocycles. The number of hydrogen-bond donors (Lipinski definition) is 1. The van der Waals surface area contributed by atoms with Crippen LogP contribution in [0.15, 0.2) is 65.7 Å². The molecule has 1 aromatic heterocycles. The number of nitrogens with one attached hydrogen (secondary N) is 1. The fourth-order valence-electron chi connectivity index (χ4n) is 3.91. The van der Waals surface area contributed by atoms with Crippen molar-refractivity contribution >= 4 is 16.8 Å². The van der Waals surface area contributed by atoms with Gasteiger partial charge in [-0.25, -0.2) is 0 Å². The molecule has 2 aromatic carbocycles. The molecule has 0 fully saturated rings. The molecule has 3 aromatic rings. The minimum absolute atomic E-state index is 0.0103. The third-order valence-corrected chi connectivity index (χ3v) is 5.31. The second-order valence-corrected chi connectivity index (χ2v) is 6.84. The van der Waals surface area contributed by atoms with Gasteiger partial charge in [-0.15, -0.1) is 0 Å². The van der Waals surface area contributed by atoms with Gasteiger partial charge < -0.3 is 9.88 Å². The summed E-state index contributed by atoms with van der Waals surface area (Å²) in [5.74, 6) is 0.135. The lowest BCUT2D eigenvalue weighted by Crippen LogP contribution is -2.29. The Morgan fingerprint density at radius 1 is 0.960 bits per heavy atom. The first-order valence-corrected chi connectivity index (χ1v) is 8.67. The van der Waals surface area contributed by atoms with Crippen molar-refractivity contribution < 1.29 is 4.79 Å². The number of carbonyl (C=O) groups is 1. The zero-order valence-corrected chi connectivity index (χ0v) is 14.8. The normalized spacial score (nSPS) is 17.8. The SMILES string of the molecule is CC1=C(C)[C@@H](c2c(C)[nH]c3ccccc23)N(Cc2ccccc2)C1=O. The number of carbonyl (C=O) groups excluding carboxylic acids is 1. The van der Waals surface area contributed by atoms with Crippen LogP contribution in [0.2, 0.25) is 0 Å². The van der Waals surface area contributed by atoms with Gasteiger partial charge in [0.1, 0.15) is 0 Å². The summed E-state index contributed by atoms with van der Waals surface area (Å²) < 4.78 is 0. The first kappa shape index (κ1) is 15.7. The molecule has 4 rings (SSSR count). The molecule has 0 aliphatic carbocycles. The summed E-state index contributed by atoms with van der Waals surface area (Å²) in [6.07, 6.45) is 0. The Kier molecular flexibility index (Phi) is 3.72. The van der Waals surface area contributed by atoms with Crippen molar-refractivity contribution in [1.82, 2.24) is 9.88 Å². The molecule has 0 saturated heterocycles. The molecule has 1 N–H and O–H groups in total. The standard InChI is InChI=1S/C22H22N2O/c1-14-15(2)22(25)24(13-17-9-5-4-6-10-17)21(14)20-16(3)23-19-12-8-7-11-18(19)20/h4-12,21,23H,13H2,1-3H3/t21-/m0/s1. The summed E-state index contributed by atoms with van der Waals surface area (Å²) in [5.41, 5.74) is 6.64. The average Bonchev–Trinajstić information content (AvgIpc) is 3.05. The Balaban J connectivity index is 1.84. The molecule has 3 nitrogen and oxygen atoms in total. The predicted octanol–water partition coefficient (Wildman–Crippen LogP) is 4.90. The minimum atomic E-state index is -0.0103. The summed E-state index contributed by atoms with van der Waals surface area (Å²) >= 11 is 0. The summed E-state index contributed by atoms with van der Waals surface area (Å²) in [6, 6.07) is 18.5. The number of nitrogens with zero attached hydrogens (tertiary/aromatic N) is 1. The highest BCUT2D eigenvalue weighted by Gasteiger charge is 2.37. The molecule has 0 unspecified atom stereocenters. The van der Waals surface area contributed by atoms with E-state index in [1.807, 2.05) is 36.1 Å². The van der Waals surface area contributed by atoms with E-state index in [1.165, 1.54) is 10.9 Å². The van der Waals surface area contributed by atoms with Gasteiger partial charge in [0, 0.05) is 34.3 Å². The minimum Gasteiger partial charge on any atom is -0.358 e. The summed E-state index contributed by atoms with van der Waals surface area (Å²) in [5, 5.41) is 1.20. The number of H-pyrrole nitrogens is 1. The van der Waals surface area contributed by atoms with Crippen LogP contribution < -0.4 is 0 Å². The third kappa shape index (κ3) is 2.47. The van der Waals surface area contributed by atoms with E-state index in [9.17, 15) is 4.79 Å². The van der Waals surface area contributed by atoms with E-state index in [2.05, 4.69) is 49.2 Å². The second-order valence-electron chi connectivity index (χ2n) is 6.84. The van der Waals surface area contributed by atoms with Crippen LogP contribution in [0.5, 0.6) is 0 Å². The van der Waals surface area contributed by atoms with E-state index in [1.54, 1.807) is 0 Å². The van der Waals surface area contributed by atoms with Crippen molar-refractivity contribution in [2.45, 2.75) is 33.4 Å². The van der Waals surface area contributed by atoms with Crippen molar-refractivity contribution in [2.75, 3.05) is 0 Å². The largest absolute Gasteiger partial charge is 0.358 e. The zero-order valence-electron chi connectivity index (χ0n) is 14.8. The molecular weight excluding hydrogens is 308 g/mol. The maximum Gasteiger partial charge on any atom is 0.250 e. The van der Waals surface area contributed by atoms with Crippen LogP contribution in [0.3, 0.4) is 0 Å². The lowest BCUT2D eigenvalue weighted by atomic mass is 9.96. The first-order chi connectivity index (χ1) is 12.1. The number of aromatic amines is 1. The van der Waals surface area contributed by atoms with Gasteiger partial charge >= 0.3 is 0 Å². The van der Waals surface area contributed by atoms with E-state index in [4.69, 9.17) is 0 Å². The molecule has 0 bridgehead atoms. The van der Waals surface area contributed by atoms with Crippen LogP contribution in [0.25, 0.3) is 10.9 Å². The second kappa shape index (κ2) is 5.92. The molecule has 0 radical (unpaired) electrons. The summed E-state index contributed by atoms with van der Waals surface area (Å²) in [7, 11) is 0. The highest BCUT2D eigenvalue weighted by atomic mass is 16.2. The Labute approximate surface area is 148 Å². The van der Waals surface area contributed by atoms with Crippen LogP contribution in [0.4, 0.5) is 0 Å². The number of aryl methyl sites for hydroxylation is 1. The molecule has 3 heteroatoms. The molecule has 1 aliphatic rings. The number of benzene rings is 2. The fourth-order valence-corrected chi connectivity index (χ4v) is 3.91. The molecule has 1 aliphatic heterocycles. The monoisotopic (exact) mass is 330 g/mol. The lowest BCUT2D eigenvalue weighted by molar-refractivity contribution is -0.127. The van der Waals surface area contributed by atoms with Gasteiger partial charge in [0.15, 0.2) is 0 Å². The van der Waals surface area contributed by atoms with Crippen molar-refractivity contribution in [3.8, 4) is 0 Å². The van der Waals surface area contributed by atoms with Gasteiger partial charge in [0.05, 0.1) is 6.04 Å². The van der Waals surface area contributed by atoms with Crippen LogP contribution in [-0.2, 0) is 11.3 Å². The maximum atomic E-state index is 12.9. The maximum absolute atomic E-state index is 12.9. The van der Waals surface area contributed by atoms with E-state index in [0.29, 0.717) is 6.54 Å². The molecule has 0 saturated carbocycles. The molecular formula is C22H22N2O. The number of rotatable bonds is 3. The number of aromatic nitrogens is 1. The van der Waals surface area contributed by atoms with Gasteiger partial charge in [-0.3, -0.25) is 4.79 Å². The van der Waals surface area contributed by atoms with Crippen LogP contribution in [-0.4, -0.2) is 15.8 Å². The van der Waals surface area contributed by atoms with Gasteiger partial charge in [0.2, 0.25) is 0 Å². The Bertz CT molecular complexity index is 982. The van der Waals surface area contributed by atoms with Gasteiger partial charge in [0.25, 0.3) is 5.91 Å². The average molecular weight is 330 g/mol.